The maximum atomic E-state index is 9.97. The van der Waals surface area contributed by atoms with E-state index in [4.69, 9.17) is 5.11 Å². The molecule has 4 nitrogen and oxygen atoms in total. The molecule has 1 rings (SSSR count). The van der Waals surface area contributed by atoms with E-state index >= 15 is 0 Å². The molecule has 0 aliphatic carbocycles. The summed E-state index contributed by atoms with van der Waals surface area (Å²) in [7, 11) is 0. The number of benzene rings is 1. The molecule has 0 aliphatic rings. The molecule has 0 atom stereocenters. The van der Waals surface area contributed by atoms with Crippen molar-refractivity contribution in [2.75, 3.05) is 0 Å². The van der Waals surface area contributed by atoms with Crippen LogP contribution in [0.25, 0.3) is 0 Å². The van der Waals surface area contributed by atoms with Crippen LogP contribution in [0.5, 0.6) is 0 Å². The lowest BCUT2D eigenvalue weighted by atomic mass is 10.2. The summed E-state index contributed by atoms with van der Waals surface area (Å²) in [6.07, 6.45) is 0.00315. The second-order valence-corrected chi connectivity index (χ2v) is 3.29. The Morgan fingerprint density at radius 2 is 1.94 bits per heavy atom. The predicted octanol–water partition coefficient (Wildman–Crippen LogP) is 2.52. The van der Waals surface area contributed by atoms with Crippen molar-refractivity contribution in [1.29, 1.82) is 0 Å². The smallest absolute Gasteiger partial charge is 0.450 e. The third-order valence-corrected chi connectivity index (χ3v) is 1.50. The fourth-order valence-corrected chi connectivity index (χ4v) is 0.912. The minimum Gasteiger partial charge on any atom is -0.450 e. The standard InChI is InChI=1S/C8H8O.C4H8O3/c9-7-6-8-4-2-1-3-5-8;1-3(2)7-4(5)6/h1-5,7H,6H2;3H,1-2H3,(H,5,6). The molecule has 88 valence electrons. The van der Waals surface area contributed by atoms with Gasteiger partial charge in [0, 0.05) is 6.42 Å². The van der Waals surface area contributed by atoms with Crippen LogP contribution < -0.4 is 0 Å². The Balaban J connectivity index is 0.000000293. The number of hydrogen-bond acceptors (Lipinski definition) is 3. The number of rotatable bonds is 3. The number of hydrogen-bond donors (Lipinski definition) is 1. The van der Waals surface area contributed by atoms with Crippen LogP contribution >= 0.6 is 0 Å². The zero-order valence-corrected chi connectivity index (χ0v) is 9.42. The van der Waals surface area contributed by atoms with Crippen molar-refractivity contribution < 1.29 is 19.4 Å². The summed E-state index contributed by atoms with van der Waals surface area (Å²) in [5.74, 6) is 0. The summed E-state index contributed by atoms with van der Waals surface area (Å²) < 4.78 is 4.17. The minimum absolute atomic E-state index is 0.225. The topological polar surface area (TPSA) is 63.6 Å². The van der Waals surface area contributed by atoms with E-state index in [2.05, 4.69) is 4.74 Å². The van der Waals surface area contributed by atoms with Gasteiger partial charge in [-0.2, -0.15) is 0 Å². The Morgan fingerprint density at radius 3 is 2.25 bits per heavy atom. The van der Waals surface area contributed by atoms with Crippen LogP contribution in [0.2, 0.25) is 0 Å². The Labute approximate surface area is 94.9 Å². The maximum Gasteiger partial charge on any atom is 0.506 e. The van der Waals surface area contributed by atoms with E-state index in [1.54, 1.807) is 13.8 Å². The summed E-state index contributed by atoms with van der Waals surface area (Å²) in [6.45, 7) is 3.32. The Morgan fingerprint density at radius 1 is 1.38 bits per heavy atom. The van der Waals surface area contributed by atoms with Gasteiger partial charge < -0.3 is 14.6 Å². The van der Waals surface area contributed by atoms with Gasteiger partial charge in [-0.3, -0.25) is 0 Å². The minimum atomic E-state index is -1.21. The molecule has 0 radical (unpaired) electrons. The Hall–Kier alpha value is -1.84. The molecule has 0 saturated carbocycles. The quantitative estimate of drug-likeness (QED) is 0.633. The van der Waals surface area contributed by atoms with Gasteiger partial charge >= 0.3 is 6.16 Å². The average Bonchev–Trinajstić information content (AvgIpc) is 2.18. The molecule has 0 heterocycles. The van der Waals surface area contributed by atoms with Gasteiger partial charge in [-0.1, -0.05) is 30.3 Å². The highest BCUT2D eigenvalue weighted by atomic mass is 16.7. The van der Waals surface area contributed by atoms with Crippen molar-refractivity contribution in [3.63, 3.8) is 0 Å². The van der Waals surface area contributed by atoms with Gasteiger partial charge in [0.15, 0.2) is 0 Å². The van der Waals surface area contributed by atoms with Crippen molar-refractivity contribution >= 4 is 12.4 Å². The van der Waals surface area contributed by atoms with Crippen LogP contribution in [0.4, 0.5) is 4.79 Å². The van der Waals surface area contributed by atoms with Crippen molar-refractivity contribution in [2.24, 2.45) is 0 Å². The van der Waals surface area contributed by atoms with E-state index in [1.165, 1.54) is 0 Å². The number of carbonyl (C=O) groups excluding carboxylic acids is 1. The molecular weight excluding hydrogens is 208 g/mol. The Bertz CT molecular complexity index is 306. The van der Waals surface area contributed by atoms with Crippen LogP contribution in [-0.4, -0.2) is 23.7 Å². The van der Waals surface area contributed by atoms with Crippen molar-refractivity contribution in [3.8, 4) is 0 Å². The van der Waals surface area contributed by atoms with E-state index in [0.29, 0.717) is 6.42 Å². The third-order valence-electron chi connectivity index (χ3n) is 1.50. The largest absolute Gasteiger partial charge is 0.506 e. The highest BCUT2D eigenvalue weighted by Crippen LogP contribution is 1.96. The SMILES string of the molecule is CC(C)OC(=O)O.O=CCc1ccccc1. The molecule has 0 unspecified atom stereocenters. The van der Waals surface area contributed by atoms with Crippen molar-refractivity contribution in [2.45, 2.75) is 26.4 Å². The van der Waals surface area contributed by atoms with E-state index in [-0.39, 0.29) is 6.10 Å². The molecule has 0 aliphatic heterocycles. The Kier molecular flexibility index (Phi) is 7.49. The van der Waals surface area contributed by atoms with Crippen LogP contribution in [-0.2, 0) is 16.0 Å². The van der Waals surface area contributed by atoms with Gasteiger partial charge in [-0.05, 0) is 19.4 Å². The lowest BCUT2D eigenvalue weighted by Gasteiger charge is -1.99. The predicted molar refractivity (Wildman–Crippen MR) is 60.5 cm³/mol. The average molecular weight is 224 g/mol. The van der Waals surface area contributed by atoms with E-state index in [0.717, 1.165) is 11.8 Å². The molecule has 1 aromatic rings. The van der Waals surface area contributed by atoms with Gasteiger partial charge in [0.25, 0.3) is 0 Å². The molecule has 4 heteroatoms. The number of aldehydes is 1. The molecule has 1 aromatic carbocycles. The highest BCUT2D eigenvalue weighted by Gasteiger charge is 1.97. The van der Waals surface area contributed by atoms with Crippen molar-refractivity contribution in [3.05, 3.63) is 35.9 Å². The summed E-state index contributed by atoms with van der Waals surface area (Å²) in [5.41, 5.74) is 1.08. The summed E-state index contributed by atoms with van der Waals surface area (Å²) >= 11 is 0. The molecule has 0 spiro atoms. The molecule has 16 heavy (non-hydrogen) atoms. The van der Waals surface area contributed by atoms with Gasteiger partial charge in [-0.15, -0.1) is 0 Å². The van der Waals surface area contributed by atoms with Crippen LogP contribution in [0.1, 0.15) is 19.4 Å². The van der Waals surface area contributed by atoms with E-state index in [1.807, 2.05) is 30.3 Å². The first-order valence-electron chi connectivity index (χ1n) is 4.93. The van der Waals surface area contributed by atoms with Crippen LogP contribution in [0.15, 0.2) is 30.3 Å². The van der Waals surface area contributed by atoms with Crippen LogP contribution in [0.3, 0.4) is 0 Å². The van der Waals surface area contributed by atoms with Crippen molar-refractivity contribution in [1.82, 2.24) is 0 Å². The zero-order chi connectivity index (χ0) is 12.4. The molecule has 0 amide bonds. The fourth-order valence-electron chi connectivity index (χ4n) is 0.912. The number of carboxylic acid groups (broad SMARTS) is 1. The maximum absolute atomic E-state index is 9.97. The van der Waals surface area contributed by atoms with E-state index < -0.39 is 6.16 Å². The second-order valence-electron chi connectivity index (χ2n) is 3.29. The number of ether oxygens (including phenoxy) is 1. The molecular formula is C12H16O4. The summed E-state index contributed by atoms with van der Waals surface area (Å²) in [6, 6.07) is 9.68. The molecule has 0 saturated heterocycles. The molecule has 1 N–H and O–H groups in total. The molecule has 0 fully saturated rings. The van der Waals surface area contributed by atoms with E-state index in [9.17, 15) is 9.59 Å². The lowest BCUT2D eigenvalue weighted by molar-refractivity contribution is -0.107. The summed E-state index contributed by atoms with van der Waals surface area (Å²) in [5, 5.41) is 7.86. The van der Waals surface area contributed by atoms with Gasteiger partial charge in [0.2, 0.25) is 0 Å². The molecule has 0 bridgehead atoms. The number of carbonyl (C=O) groups is 2. The van der Waals surface area contributed by atoms with Crippen LogP contribution in [0, 0.1) is 0 Å². The van der Waals surface area contributed by atoms with Gasteiger partial charge in [0.1, 0.15) is 6.29 Å². The zero-order valence-electron chi connectivity index (χ0n) is 9.42. The fraction of sp³-hybridized carbons (Fsp3) is 0.333. The monoisotopic (exact) mass is 224 g/mol. The van der Waals surface area contributed by atoms with Gasteiger partial charge in [0.05, 0.1) is 6.10 Å². The summed E-state index contributed by atoms with van der Waals surface area (Å²) in [4.78, 5) is 19.6. The first kappa shape index (κ1) is 14.2. The third kappa shape index (κ3) is 8.74. The first-order valence-corrected chi connectivity index (χ1v) is 4.93. The lowest BCUT2D eigenvalue weighted by Crippen LogP contribution is -2.07. The highest BCUT2D eigenvalue weighted by molar-refractivity contribution is 5.56. The second kappa shape index (κ2) is 8.47. The molecule has 0 aromatic heterocycles. The van der Waals surface area contributed by atoms with Gasteiger partial charge in [-0.25, -0.2) is 4.79 Å². The first-order chi connectivity index (χ1) is 7.56. The normalized spacial score (nSPS) is 8.94.